The van der Waals surface area contributed by atoms with Crippen LogP contribution in [0.25, 0.3) is 6.08 Å². The van der Waals surface area contributed by atoms with Gasteiger partial charge in [-0.25, -0.2) is 0 Å². The van der Waals surface area contributed by atoms with Gasteiger partial charge in [-0.2, -0.15) is 0 Å². The fourth-order valence-corrected chi connectivity index (χ4v) is 3.89. The Morgan fingerprint density at radius 2 is 1.97 bits per heavy atom. The third-order valence-electron chi connectivity index (χ3n) is 4.22. The molecule has 0 aliphatic carbocycles. The zero-order valence-electron chi connectivity index (χ0n) is 16.1. The standard InChI is InChI=1S/C20H17ClN2O5S2/c1-12-9-15(4-5-16(12)21)27-7-8-28-17-6-3-14(23(25)26)10-13(17)11-18-19(24)22(2)20(29)30-18/h3-6,9-11H,7-8H2,1-2H3/b18-11-. The van der Waals surface area contributed by atoms with Crippen LogP contribution in [0.15, 0.2) is 41.3 Å². The highest BCUT2D eigenvalue weighted by Gasteiger charge is 2.29. The van der Waals surface area contributed by atoms with Crippen molar-refractivity contribution in [3.8, 4) is 11.5 Å². The SMILES string of the molecule is Cc1cc(OCCOc2ccc([N+](=O)[O-])cc2/C=C2\SC(=S)N(C)C2=O)ccc1Cl. The Hall–Kier alpha value is -2.62. The first kappa shape index (κ1) is 22.1. The first-order chi connectivity index (χ1) is 14.3. The maximum absolute atomic E-state index is 12.3. The lowest BCUT2D eigenvalue weighted by atomic mass is 10.1. The topological polar surface area (TPSA) is 81.9 Å². The molecule has 156 valence electrons. The molecule has 2 aromatic carbocycles. The molecule has 1 amide bonds. The summed E-state index contributed by atoms with van der Waals surface area (Å²) in [4.78, 5) is 24.6. The van der Waals surface area contributed by atoms with Crippen LogP contribution >= 0.6 is 35.6 Å². The molecule has 1 fully saturated rings. The maximum Gasteiger partial charge on any atom is 0.270 e. The smallest absolute Gasteiger partial charge is 0.270 e. The normalized spacial score (nSPS) is 15.0. The number of hydrogen-bond donors (Lipinski definition) is 0. The molecule has 3 rings (SSSR count). The lowest BCUT2D eigenvalue weighted by molar-refractivity contribution is -0.384. The summed E-state index contributed by atoms with van der Waals surface area (Å²) >= 11 is 12.3. The summed E-state index contributed by atoms with van der Waals surface area (Å²) in [7, 11) is 1.58. The van der Waals surface area contributed by atoms with Gasteiger partial charge >= 0.3 is 0 Å². The van der Waals surface area contributed by atoms with Crippen LogP contribution in [0.5, 0.6) is 11.5 Å². The number of nitro benzene ring substituents is 1. The van der Waals surface area contributed by atoms with Gasteiger partial charge in [0.05, 0.1) is 9.83 Å². The summed E-state index contributed by atoms with van der Waals surface area (Å²) in [6.07, 6.45) is 1.55. The van der Waals surface area contributed by atoms with Gasteiger partial charge in [0.1, 0.15) is 29.0 Å². The fraction of sp³-hybridized carbons (Fsp3) is 0.200. The number of benzene rings is 2. The van der Waals surface area contributed by atoms with Crippen LogP contribution in [0.4, 0.5) is 5.69 Å². The number of nitro groups is 1. The van der Waals surface area contributed by atoms with E-state index in [0.29, 0.717) is 31.3 Å². The van der Waals surface area contributed by atoms with Crippen LogP contribution in [0.2, 0.25) is 5.02 Å². The van der Waals surface area contributed by atoms with Gasteiger partial charge in [0.2, 0.25) is 0 Å². The summed E-state index contributed by atoms with van der Waals surface area (Å²) in [5.41, 5.74) is 1.22. The summed E-state index contributed by atoms with van der Waals surface area (Å²) in [6, 6.07) is 9.56. The van der Waals surface area contributed by atoms with E-state index in [0.717, 1.165) is 17.3 Å². The molecular formula is C20H17ClN2O5S2. The Kier molecular flexibility index (Phi) is 6.96. The number of halogens is 1. The number of rotatable bonds is 7. The van der Waals surface area contributed by atoms with Crippen molar-refractivity contribution in [3.63, 3.8) is 0 Å². The number of non-ortho nitro benzene ring substituents is 1. The maximum atomic E-state index is 12.3. The van der Waals surface area contributed by atoms with Gasteiger partial charge in [-0.1, -0.05) is 35.6 Å². The molecule has 30 heavy (non-hydrogen) atoms. The van der Waals surface area contributed by atoms with E-state index in [-0.39, 0.29) is 24.8 Å². The summed E-state index contributed by atoms with van der Waals surface area (Å²) < 4.78 is 11.8. The number of carbonyl (C=O) groups is 1. The van der Waals surface area contributed by atoms with Crippen molar-refractivity contribution < 1.29 is 19.2 Å². The van der Waals surface area contributed by atoms with Crippen molar-refractivity contribution in [2.24, 2.45) is 0 Å². The predicted octanol–water partition coefficient (Wildman–Crippen LogP) is 4.85. The molecule has 0 saturated carbocycles. The number of amides is 1. The van der Waals surface area contributed by atoms with E-state index in [9.17, 15) is 14.9 Å². The molecule has 0 aromatic heterocycles. The highest BCUT2D eigenvalue weighted by atomic mass is 35.5. The average molecular weight is 465 g/mol. The quantitative estimate of drug-likeness (QED) is 0.190. The minimum absolute atomic E-state index is 0.103. The highest BCUT2D eigenvalue weighted by Crippen LogP contribution is 2.34. The van der Waals surface area contributed by atoms with Gasteiger partial charge in [-0.15, -0.1) is 0 Å². The van der Waals surface area contributed by atoms with Gasteiger partial charge < -0.3 is 9.47 Å². The number of likely N-dealkylation sites (N-methyl/N-ethyl adjacent to an activating group) is 1. The Morgan fingerprint density at radius 1 is 1.23 bits per heavy atom. The molecular weight excluding hydrogens is 448 g/mol. The lowest BCUT2D eigenvalue weighted by Gasteiger charge is -2.11. The number of ether oxygens (including phenoxy) is 2. The minimum atomic E-state index is -0.502. The van der Waals surface area contributed by atoms with E-state index >= 15 is 0 Å². The van der Waals surface area contributed by atoms with Gasteiger partial charge in [0.15, 0.2) is 0 Å². The number of thioether (sulfide) groups is 1. The second-order valence-corrected chi connectivity index (χ2v) is 8.41. The second-order valence-electron chi connectivity index (χ2n) is 6.33. The Bertz CT molecular complexity index is 1060. The Balaban J connectivity index is 1.74. The molecule has 0 N–H and O–H groups in total. The molecule has 0 bridgehead atoms. The monoisotopic (exact) mass is 464 g/mol. The predicted molar refractivity (Wildman–Crippen MR) is 121 cm³/mol. The van der Waals surface area contributed by atoms with E-state index in [4.69, 9.17) is 33.3 Å². The zero-order chi connectivity index (χ0) is 21.8. The number of aryl methyl sites for hydroxylation is 1. The van der Waals surface area contributed by atoms with Crippen molar-refractivity contribution in [1.82, 2.24) is 4.90 Å². The molecule has 0 unspecified atom stereocenters. The molecule has 1 aliphatic rings. The molecule has 0 atom stereocenters. The molecule has 7 nitrogen and oxygen atoms in total. The van der Waals surface area contributed by atoms with Crippen molar-refractivity contribution >= 4 is 57.6 Å². The first-order valence-electron chi connectivity index (χ1n) is 8.78. The van der Waals surface area contributed by atoms with E-state index in [2.05, 4.69) is 0 Å². The third-order valence-corrected chi connectivity index (χ3v) is 6.13. The number of thiocarbonyl (C=S) groups is 1. The summed E-state index contributed by atoms with van der Waals surface area (Å²) in [5, 5.41) is 11.8. The number of carbonyl (C=O) groups excluding carboxylic acids is 1. The lowest BCUT2D eigenvalue weighted by Crippen LogP contribution is -2.22. The molecule has 10 heteroatoms. The van der Waals surface area contributed by atoms with E-state index in [1.54, 1.807) is 25.3 Å². The van der Waals surface area contributed by atoms with Gasteiger partial charge in [0.25, 0.3) is 11.6 Å². The minimum Gasteiger partial charge on any atom is -0.490 e. The zero-order valence-corrected chi connectivity index (χ0v) is 18.5. The van der Waals surface area contributed by atoms with Crippen LogP contribution < -0.4 is 9.47 Å². The van der Waals surface area contributed by atoms with Gasteiger partial charge in [0, 0.05) is 29.8 Å². The van der Waals surface area contributed by atoms with E-state index in [1.807, 2.05) is 13.0 Å². The van der Waals surface area contributed by atoms with E-state index in [1.165, 1.54) is 23.1 Å². The van der Waals surface area contributed by atoms with E-state index < -0.39 is 4.92 Å². The highest BCUT2D eigenvalue weighted by molar-refractivity contribution is 8.26. The third kappa shape index (κ3) is 5.10. The van der Waals surface area contributed by atoms with Crippen molar-refractivity contribution in [1.29, 1.82) is 0 Å². The van der Waals surface area contributed by atoms with Crippen molar-refractivity contribution in [3.05, 3.63) is 67.6 Å². The van der Waals surface area contributed by atoms with Crippen LogP contribution in [-0.2, 0) is 4.79 Å². The van der Waals surface area contributed by atoms with Gasteiger partial charge in [-0.05, 0) is 42.8 Å². The first-order valence-corrected chi connectivity index (χ1v) is 10.4. The van der Waals surface area contributed by atoms with Crippen LogP contribution in [0.3, 0.4) is 0 Å². The molecule has 0 radical (unpaired) electrons. The molecule has 1 aliphatic heterocycles. The van der Waals surface area contributed by atoms with Crippen LogP contribution in [-0.4, -0.2) is 40.3 Å². The molecule has 0 spiro atoms. The van der Waals surface area contributed by atoms with Crippen LogP contribution in [0.1, 0.15) is 11.1 Å². The molecule has 2 aromatic rings. The molecule has 1 heterocycles. The summed E-state index contributed by atoms with van der Waals surface area (Å²) in [5.74, 6) is 0.804. The Labute approximate surface area is 187 Å². The van der Waals surface area contributed by atoms with Crippen LogP contribution in [0, 0.1) is 17.0 Å². The number of hydrogen-bond acceptors (Lipinski definition) is 7. The summed E-state index contributed by atoms with van der Waals surface area (Å²) in [6.45, 7) is 2.34. The van der Waals surface area contributed by atoms with Crippen molar-refractivity contribution in [2.45, 2.75) is 6.92 Å². The fourth-order valence-electron chi connectivity index (χ4n) is 2.60. The van der Waals surface area contributed by atoms with Gasteiger partial charge in [-0.3, -0.25) is 19.8 Å². The number of nitrogens with zero attached hydrogens (tertiary/aromatic N) is 2. The second kappa shape index (κ2) is 9.46. The Morgan fingerprint density at radius 3 is 2.60 bits per heavy atom. The van der Waals surface area contributed by atoms with Crippen molar-refractivity contribution in [2.75, 3.05) is 20.3 Å². The average Bonchev–Trinajstić information content (AvgIpc) is 2.95. The largest absolute Gasteiger partial charge is 0.490 e. The molecule has 1 saturated heterocycles.